The Hall–Kier alpha value is -3.48. The molecule has 6 rings (SSSR count). The van der Waals surface area contributed by atoms with Crippen LogP contribution in [-0.4, -0.2) is 64.9 Å². The van der Waals surface area contributed by atoms with Crippen molar-refractivity contribution in [3.63, 3.8) is 0 Å². The van der Waals surface area contributed by atoms with E-state index in [0.717, 1.165) is 25.0 Å². The average molecular weight is 548 g/mol. The van der Waals surface area contributed by atoms with Crippen molar-refractivity contribution < 1.29 is 26.8 Å². The van der Waals surface area contributed by atoms with E-state index < -0.39 is 17.6 Å². The van der Waals surface area contributed by atoms with E-state index >= 15 is 0 Å². The fraction of sp³-hybridized carbons (Fsp3) is 0.538. The second-order valence-corrected chi connectivity index (χ2v) is 10.7. The maximum absolute atomic E-state index is 14.3. The van der Waals surface area contributed by atoms with Crippen LogP contribution in [0.4, 0.5) is 29.5 Å². The molecule has 9 nitrogen and oxygen atoms in total. The van der Waals surface area contributed by atoms with Crippen molar-refractivity contribution in [3.8, 4) is 5.75 Å². The van der Waals surface area contributed by atoms with Crippen molar-refractivity contribution in [1.29, 1.82) is 0 Å². The number of hydrogen-bond acceptors (Lipinski definition) is 9. The van der Waals surface area contributed by atoms with Gasteiger partial charge in [0.1, 0.15) is 11.6 Å². The minimum atomic E-state index is -2.63. The van der Waals surface area contributed by atoms with Gasteiger partial charge in [0.15, 0.2) is 5.75 Å². The Morgan fingerprint density at radius 2 is 1.77 bits per heavy atom. The Morgan fingerprint density at radius 1 is 1.03 bits per heavy atom. The number of rotatable bonds is 7. The van der Waals surface area contributed by atoms with Crippen LogP contribution in [0.2, 0.25) is 0 Å². The molecule has 0 radical (unpaired) electrons. The lowest BCUT2D eigenvalue weighted by Gasteiger charge is -2.32. The lowest BCUT2D eigenvalue weighted by molar-refractivity contribution is -0.0925. The normalized spacial score (nSPS) is 23.7. The summed E-state index contributed by atoms with van der Waals surface area (Å²) in [4.78, 5) is 17.0. The standard InChI is InChI=1S/C26H29F4N7O2/c27-17-1-2-21(28)19(7-17)20-12-37(13-22(20)31)24-32-10-18(11-33-24)38-14-15-3-5-36(6-4-15)25-34-23(39-35-25)16-8-26(29,30)9-16/h1-2,7,10-11,15-16,20,22H,3-6,8-9,12-14,31H2/t20-,22+/m1/s1. The van der Waals surface area contributed by atoms with Crippen LogP contribution in [0.5, 0.6) is 5.75 Å². The van der Waals surface area contributed by atoms with Gasteiger partial charge in [0.2, 0.25) is 17.8 Å². The third kappa shape index (κ3) is 5.49. The van der Waals surface area contributed by atoms with Gasteiger partial charge in [-0.15, -0.1) is 0 Å². The molecule has 2 N–H and O–H groups in total. The summed E-state index contributed by atoms with van der Waals surface area (Å²) in [5.41, 5.74) is 6.51. The fourth-order valence-electron chi connectivity index (χ4n) is 5.54. The molecule has 2 aliphatic heterocycles. The van der Waals surface area contributed by atoms with Crippen LogP contribution < -0.4 is 20.3 Å². The molecule has 13 heteroatoms. The second kappa shape index (κ2) is 10.2. The van der Waals surface area contributed by atoms with Crippen LogP contribution in [0.25, 0.3) is 0 Å². The van der Waals surface area contributed by atoms with E-state index in [9.17, 15) is 17.6 Å². The summed E-state index contributed by atoms with van der Waals surface area (Å²) in [5.74, 6) is -2.28. The predicted octanol–water partition coefficient (Wildman–Crippen LogP) is 3.88. The quantitative estimate of drug-likeness (QED) is 0.441. The third-order valence-electron chi connectivity index (χ3n) is 7.87. The molecule has 0 unspecified atom stereocenters. The molecule has 0 bridgehead atoms. The molecule has 208 valence electrons. The minimum absolute atomic E-state index is 0.236. The van der Waals surface area contributed by atoms with E-state index in [-0.39, 0.29) is 42.2 Å². The molecule has 4 heterocycles. The molecule has 1 saturated carbocycles. The molecular formula is C26H29F4N7O2. The van der Waals surface area contributed by atoms with Gasteiger partial charge in [0.25, 0.3) is 5.95 Å². The fourth-order valence-corrected chi connectivity index (χ4v) is 5.54. The van der Waals surface area contributed by atoms with Crippen molar-refractivity contribution in [2.45, 2.75) is 49.5 Å². The first-order valence-corrected chi connectivity index (χ1v) is 13.1. The number of nitrogens with two attached hydrogens (primary N) is 1. The maximum atomic E-state index is 14.3. The smallest absolute Gasteiger partial charge is 0.266 e. The number of anilines is 2. The Bertz CT molecular complexity index is 1290. The van der Waals surface area contributed by atoms with Crippen LogP contribution in [0, 0.1) is 17.6 Å². The summed E-state index contributed by atoms with van der Waals surface area (Å²) in [7, 11) is 0. The van der Waals surface area contributed by atoms with Crippen LogP contribution in [0.1, 0.15) is 49.0 Å². The highest BCUT2D eigenvalue weighted by molar-refractivity contribution is 5.39. The van der Waals surface area contributed by atoms with Crippen LogP contribution in [0.15, 0.2) is 35.1 Å². The van der Waals surface area contributed by atoms with Crippen molar-refractivity contribution in [2.24, 2.45) is 11.7 Å². The molecule has 0 amide bonds. The van der Waals surface area contributed by atoms with E-state index in [1.165, 1.54) is 6.07 Å². The maximum Gasteiger partial charge on any atom is 0.266 e. The number of hydrogen-bond donors (Lipinski definition) is 1. The first-order chi connectivity index (χ1) is 18.7. The third-order valence-corrected chi connectivity index (χ3v) is 7.87. The van der Waals surface area contributed by atoms with Gasteiger partial charge >= 0.3 is 0 Å². The molecule has 2 aromatic heterocycles. The van der Waals surface area contributed by atoms with Gasteiger partial charge in [-0.05, 0) is 47.7 Å². The van der Waals surface area contributed by atoms with E-state index in [4.69, 9.17) is 15.0 Å². The summed E-state index contributed by atoms with van der Waals surface area (Å²) in [6.07, 6.45) is 4.44. The first-order valence-electron chi connectivity index (χ1n) is 13.1. The lowest BCUT2D eigenvalue weighted by Crippen LogP contribution is -2.36. The summed E-state index contributed by atoms with van der Waals surface area (Å²) in [6.45, 7) is 2.74. The number of benzene rings is 1. The summed E-state index contributed by atoms with van der Waals surface area (Å²) >= 11 is 0. The van der Waals surface area contributed by atoms with Gasteiger partial charge in [-0.2, -0.15) is 4.98 Å². The highest BCUT2D eigenvalue weighted by Crippen LogP contribution is 2.48. The zero-order chi connectivity index (χ0) is 27.1. The Labute approximate surface area is 222 Å². The Morgan fingerprint density at radius 3 is 2.49 bits per heavy atom. The van der Waals surface area contributed by atoms with Crippen LogP contribution >= 0.6 is 0 Å². The van der Waals surface area contributed by atoms with Crippen molar-refractivity contribution in [2.75, 3.05) is 42.6 Å². The Balaban J connectivity index is 0.973. The van der Waals surface area contributed by atoms with Gasteiger partial charge in [0, 0.05) is 56.9 Å². The molecule has 3 aliphatic rings. The molecule has 2 saturated heterocycles. The molecule has 1 aromatic carbocycles. The molecule has 0 spiro atoms. The summed E-state index contributed by atoms with van der Waals surface area (Å²) in [5, 5.41) is 3.98. The number of ether oxygens (including phenoxy) is 1. The highest BCUT2D eigenvalue weighted by Gasteiger charge is 2.48. The minimum Gasteiger partial charge on any atom is -0.490 e. The topological polar surface area (TPSA) is 106 Å². The summed E-state index contributed by atoms with van der Waals surface area (Å²) < 4.78 is 65.3. The van der Waals surface area contributed by atoms with Gasteiger partial charge in [-0.25, -0.2) is 27.5 Å². The molecule has 3 aromatic rings. The van der Waals surface area contributed by atoms with Gasteiger partial charge in [0.05, 0.1) is 19.0 Å². The Kier molecular flexibility index (Phi) is 6.77. The molecule has 2 atom stereocenters. The molecular weight excluding hydrogens is 518 g/mol. The van der Waals surface area contributed by atoms with E-state index in [0.29, 0.717) is 56.4 Å². The number of piperidine rings is 1. The van der Waals surface area contributed by atoms with Gasteiger partial charge < -0.3 is 24.8 Å². The molecule has 3 fully saturated rings. The zero-order valence-electron chi connectivity index (χ0n) is 21.1. The molecule has 1 aliphatic carbocycles. The first kappa shape index (κ1) is 25.8. The largest absolute Gasteiger partial charge is 0.490 e. The van der Waals surface area contributed by atoms with Crippen molar-refractivity contribution >= 4 is 11.9 Å². The van der Waals surface area contributed by atoms with Crippen LogP contribution in [-0.2, 0) is 0 Å². The van der Waals surface area contributed by atoms with Crippen LogP contribution in [0.3, 0.4) is 0 Å². The van der Waals surface area contributed by atoms with E-state index in [1.54, 1.807) is 12.4 Å². The van der Waals surface area contributed by atoms with Gasteiger partial charge in [-0.1, -0.05) is 0 Å². The van der Waals surface area contributed by atoms with Crippen molar-refractivity contribution in [1.82, 2.24) is 20.1 Å². The molecule has 39 heavy (non-hydrogen) atoms. The van der Waals surface area contributed by atoms with E-state index in [1.807, 2.05) is 9.80 Å². The lowest BCUT2D eigenvalue weighted by atomic mass is 9.81. The van der Waals surface area contributed by atoms with E-state index in [2.05, 4.69) is 20.1 Å². The summed E-state index contributed by atoms with van der Waals surface area (Å²) in [6, 6.07) is 3.03. The average Bonchev–Trinajstić information content (AvgIpc) is 3.55. The second-order valence-electron chi connectivity index (χ2n) is 10.7. The number of alkyl halides is 2. The number of aromatic nitrogens is 4. The SMILES string of the molecule is N[C@H]1CN(c2ncc(OCC3CCN(c4noc(C5CC(F)(F)C5)n4)CC3)cn2)C[C@@H]1c1cc(F)ccc1F. The number of nitrogens with zero attached hydrogens (tertiary/aromatic N) is 6. The van der Waals surface area contributed by atoms with Crippen molar-refractivity contribution in [3.05, 3.63) is 53.7 Å². The van der Waals surface area contributed by atoms with Gasteiger partial charge in [-0.3, -0.25) is 0 Å². The zero-order valence-corrected chi connectivity index (χ0v) is 21.1. The highest BCUT2D eigenvalue weighted by atomic mass is 19.3. The number of halogens is 4. The monoisotopic (exact) mass is 547 g/mol. The predicted molar refractivity (Wildman–Crippen MR) is 133 cm³/mol.